The van der Waals surface area contributed by atoms with Crippen molar-refractivity contribution in [1.29, 1.82) is 5.26 Å². The van der Waals surface area contributed by atoms with Crippen LogP contribution in [0, 0.1) is 17.1 Å². The highest BCUT2D eigenvalue weighted by Crippen LogP contribution is 2.44. The van der Waals surface area contributed by atoms with Crippen molar-refractivity contribution in [1.82, 2.24) is 10.3 Å². The van der Waals surface area contributed by atoms with E-state index in [0.717, 1.165) is 4.31 Å². The van der Waals surface area contributed by atoms with Gasteiger partial charge in [0.05, 0.1) is 36.0 Å². The van der Waals surface area contributed by atoms with E-state index in [1.165, 1.54) is 50.7 Å². The predicted octanol–water partition coefficient (Wildman–Crippen LogP) is 7.32. The summed E-state index contributed by atoms with van der Waals surface area (Å²) < 4.78 is 73.2. The number of nitrogens with zero attached hydrogens (tertiary/aromatic N) is 3. The summed E-state index contributed by atoms with van der Waals surface area (Å²) in [5, 5.41) is 12.5. The van der Waals surface area contributed by atoms with E-state index in [-0.39, 0.29) is 28.5 Å². The molecule has 47 heavy (non-hydrogen) atoms. The third kappa shape index (κ3) is 5.79. The second-order valence-corrected chi connectivity index (χ2v) is 11.6. The van der Waals surface area contributed by atoms with Crippen LogP contribution >= 0.6 is 0 Å². The molecule has 9 nitrogen and oxygen atoms in total. The first-order valence-electron chi connectivity index (χ1n) is 14.1. The molecule has 0 saturated carbocycles. The number of halogens is 3. The first-order chi connectivity index (χ1) is 22.6. The van der Waals surface area contributed by atoms with Crippen molar-refractivity contribution < 1.29 is 35.7 Å². The summed E-state index contributed by atoms with van der Waals surface area (Å²) in [6.45, 7) is -0.861. The number of fused-ring (bicyclic) bond motifs is 2. The van der Waals surface area contributed by atoms with Crippen LogP contribution in [-0.2, 0) is 11.0 Å². The van der Waals surface area contributed by atoms with Gasteiger partial charge in [0.25, 0.3) is 12.3 Å². The zero-order valence-electron chi connectivity index (χ0n) is 25.1. The van der Waals surface area contributed by atoms with Crippen molar-refractivity contribution in [3.63, 3.8) is 0 Å². The largest absolute Gasteiger partial charge is 0.496 e. The zero-order chi connectivity index (χ0) is 33.4. The lowest BCUT2D eigenvalue weighted by molar-refractivity contribution is 0.0964. The molecule has 2 heterocycles. The van der Waals surface area contributed by atoms with E-state index in [0.29, 0.717) is 50.1 Å². The molecule has 6 aromatic rings. The van der Waals surface area contributed by atoms with Gasteiger partial charge in [0.15, 0.2) is 5.58 Å². The number of rotatable bonds is 9. The van der Waals surface area contributed by atoms with Crippen molar-refractivity contribution >= 4 is 44.6 Å². The first-order valence-corrected chi connectivity index (χ1v) is 15.6. The fourth-order valence-corrected chi connectivity index (χ4v) is 6.14. The number of carbonyl (C=O) groups excluding carboxylic acids is 1. The third-order valence-electron chi connectivity index (χ3n) is 7.53. The number of ether oxygens (including phenoxy) is 1. The van der Waals surface area contributed by atoms with Gasteiger partial charge in [0, 0.05) is 35.9 Å². The van der Waals surface area contributed by atoms with Gasteiger partial charge >= 0.3 is 0 Å². The molecule has 0 saturated heterocycles. The van der Waals surface area contributed by atoms with E-state index >= 15 is 0 Å². The predicted molar refractivity (Wildman–Crippen MR) is 172 cm³/mol. The van der Waals surface area contributed by atoms with Gasteiger partial charge in [-0.1, -0.05) is 12.1 Å². The number of para-hydroxylation sites is 1. The van der Waals surface area contributed by atoms with Crippen LogP contribution < -0.4 is 14.4 Å². The van der Waals surface area contributed by atoms with Crippen molar-refractivity contribution in [2.45, 2.75) is 6.43 Å². The molecule has 0 radical (unpaired) electrons. The average molecular weight is 659 g/mol. The molecule has 0 aliphatic rings. The van der Waals surface area contributed by atoms with Crippen LogP contribution in [0.15, 0.2) is 81.6 Å². The Bertz CT molecular complexity index is 2220. The number of methoxy groups -OCH3 is 1. The summed E-state index contributed by atoms with van der Waals surface area (Å²) >= 11 is 0. The lowest BCUT2D eigenvalue weighted by atomic mass is 9.97. The molecule has 1 amide bonds. The first kappa shape index (κ1) is 31.4. The Morgan fingerprint density at radius 1 is 1.04 bits per heavy atom. The highest BCUT2D eigenvalue weighted by Gasteiger charge is 2.27. The number of amides is 1. The number of hydrogen-bond acceptors (Lipinski definition) is 7. The lowest BCUT2D eigenvalue weighted by Crippen LogP contribution is -2.30. The molecule has 0 fully saturated rings. The molecule has 0 aliphatic carbocycles. The molecule has 1 unspecified atom stereocenters. The van der Waals surface area contributed by atoms with E-state index in [1.807, 2.05) is 0 Å². The van der Waals surface area contributed by atoms with Gasteiger partial charge in [-0.15, -0.1) is 0 Å². The third-order valence-corrected chi connectivity index (χ3v) is 8.50. The molecule has 4 aromatic carbocycles. The summed E-state index contributed by atoms with van der Waals surface area (Å²) in [5.41, 5.74) is 3.06. The monoisotopic (exact) mass is 658 g/mol. The lowest BCUT2D eigenvalue weighted by Gasteiger charge is -2.24. The van der Waals surface area contributed by atoms with Gasteiger partial charge in [-0.2, -0.15) is 5.26 Å². The summed E-state index contributed by atoms with van der Waals surface area (Å²) in [4.78, 5) is 17.8. The van der Waals surface area contributed by atoms with Gasteiger partial charge in [0.1, 0.15) is 45.5 Å². The highest BCUT2D eigenvalue weighted by atomic mass is 32.2. The fourth-order valence-electron chi connectivity index (χ4n) is 5.39. The summed E-state index contributed by atoms with van der Waals surface area (Å²) in [6, 6.07) is 20.4. The van der Waals surface area contributed by atoms with Gasteiger partial charge in [-0.3, -0.25) is 9.10 Å². The van der Waals surface area contributed by atoms with E-state index in [2.05, 4.69) is 16.4 Å². The minimum Gasteiger partial charge on any atom is -0.496 e. The molecule has 1 atom stereocenters. The number of aromatic nitrogens is 1. The Kier molecular flexibility index (Phi) is 8.44. The SMILES string of the molecule is CNC(=O)c1c(-c2ccc(F)cc2)oc2cc(N(CC(F)F)S(C)=O)c(-c3ccc(OC)c(-c4nc5c(C#N)cccc5o4)c3)cc12. The molecule has 2 aromatic heterocycles. The van der Waals surface area contributed by atoms with E-state index < -0.39 is 35.7 Å². The minimum absolute atomic E-state index is 0.135. The normalized spacial score (nSPS) is 12.0. The molecular weight excluding hydrogens is 633 g/mol. The molecule has 0 spiro atoms. The van der Waals surface area contributed by atoms with Crippen LogP contribution in [-0.4, -0.2) is 48.5 Å². The van der Waals surface area contributed by atoms with Crippen LogP contribution in [0.25, 0.3) is 56.0 Å². The van der Waals surface area contributed by atoms with E-state index in [9.17, 15) is 27.4 Å². The number of carbonyl (C=O) groups is 1. The number of benzene rings is 4. The Labute approximate surface area is 268 Å². The topological polar surface area (TPSA) is 122 Å². The van der Waals surface area contributed by atoms with Crippen molar-refractivity contribution in [2.24, 2.45) is 0 Å². The van der Waals surface area contributed by atoms with Crippen LogP contribution in [0.3, 0.4) is 0 Å². The van der Waals surface area contributed by atoms with Crippen LogP contribution in [0.5, 0.6) is 5.75 Å². The molecule has 238 valence electrons. The van der Waals surface area contributed by atoms with Crippen molar-refractivity contribution in [3.8, 4) is 45.7 Å². The Balaban J connectivity index is 1.64. The standard InChI is InChI=1S/C34H25F3N4O5S/c1-39-33(42)30-23-14-22(19-9-12-26(44-2)24(13-19)34-40-31-20(16-38)5-4-6-27(31)46-34)25(41(47(3)43)17-29(36)37)15-28(23)45-32(30)18-7-10-21(35)11-8-18/h4-15,29H,17H2,1-3H3,(H,39,42). The highest BCUT2D eigenvalue weighted by molar-refractivity contribution is 7.85. The van der Waals surface area contributed by atoms with Gasteiger partial charge in [-0.25, -0.2) is 22.4 Å². The van der Waals surface area contributed by atoms with E-state index in [4.69, 9.17) is 13.6 Å². The van der Waals surface area contributed by atoms with Crippen molar-refractivity contribution in [2.75, 3.05) is 31.3 Å². The Hall–Kier alpha value is -5.61. The maximum atomic E-state index is 13.9. The Morgan fingerprint density at radius 2 is 1.79 bits per heavy atom. The molecule has 0 aliphatic heterocycles. The van der Waals surface area contributed by atoms with Crippen LogP contribution in [0.1, 0.15) is 15.9 Å². The summed E-state index contributed by atoms with van der Waals surface area (Å²) in [6.07, 6.45) is -1.56. The second kappa shape index (κ2) is 12.6. The fraction of sp³-hybridized carbons (Fsp3) is 0.147. The van der Waals surface area contributed by atoms with E-state index in [1.54, 1.807) is 42.5 Å². The molecule has 0 bridgehead atoms. The summed E-state index contributed by atoms with van der Waals surface area (Å²) in [5.74, 6) is -0.336. The number of hydrogen-bond donors (Lipinski definition) is 1. The molecule has 6 rings (SSSR count). The van der Waals surface area contributed by atoms with Gasteiger partial charge in [0.2, 0.25) is 5.89 Å². The van der Waals surface area contributed by atoms with Crippen molar-refractivity contribution in [3.05, 3.63) is 89.7 Å². The smallest absolute Gasteiger partial charge is 0.256 e. The van der Waals surface area contributed by atoms with Gasteiger partial charge < -0.3 is 18.9 Å². The number of furan rings is 1. The van der Waals surface area contributed by atoms with Gasteiger partial charge in [-0.05, 0) is 60.2 Å². The number of alkyl halides is 2. The average Bonchev–Trinajstić information content (AvgIpc) is 3.68. The maximum Gasteiger partial charge on any atom is 0.256 e. The van der Waals surface area contributed by atoms with Crippen LogP contribution in [0.2, 0.25) is 0 Å². The number of nitrogens with one attached hydrogen (secondary N) is 1. The zero-order valence-corrected chi connectivity index (χ0v) is 26.0. The quantitative estimate of drug-likeness (QED) is 0.173. The Morgan fingerprint density at radius 3 is 2.45 bits per heavy atom. The summed E-state index contributed by atoms with van der Waals surface area (Å²) in [7, 11) is 1.00. The maximum absolute atomic E-state index is 13.9. The molecular formula is C34H25F3N4O5S. The molecule has 1 N–H and O–H groups in total. The van der Waals surface area contributed by atoms with Crippen LogP contribution in [0.4, 0.5) is 18.9 Å². The molecule has 13 heteroatoms. The number of oxazole rings is 1. The number of nitriles is 1. The minimum atomic E-state index is -2.84. The second-order valence-electron chi connectivity index (χ2n) is 10.3. The number of anilines is 1.